The Labute approximate surface area is 112 Å². The van der Waals surface area contributed by atoms with Gasteiger partial charge in [0.15, 0.2) is 0 Å². The molecule has 0 amide bonds. The molecule has 0 N–H and O–H groups in total. The first-order valence-corrected chi connectivity index (χ1v) is 5.48. The summed E-state index contributed by atoms with van der Waals surface area (Å²) in [5, 5.41) is 1.34. The molecule has 1 aromatic heterocycles. The van der Waals surface area contributed by atoms with E-state index in [1.807, 2.05) is 11.3 Å². The van der Waals surface area contributed by atoms with Gasteiger partial charge in [-0.2, -0.15) is 4.57 Å². The molecule has 0 fully saturated rings. The lowest BCUT2D eigenvalue weighted by Gasteiger charge is -2.10. The Balaban J connectivity index is 0.00000112. The number of aryl methyl sites for hydroxylation is 2. The Morgan fingerprint density at radius 2 is 1.93 bits per heavy atom. The number of aromatic nitrogens is 1. The van der Waals surface area contributed by atoms with Gasteiger partial charge < -0.3 is 28.9 Å². The molecule has 0 aliphatic carbocycles. The number of fused-ring (bicyclic) bond motifs is 1. The van der Waals surface area contributed by atoms with Crippen LogP contribution in [-0.4, -0.2) is 14.1 Å². The van der Waals surface area contributed by atoms with Crippen molar-refractivity contribution in [3.8, 4) is 0 Å². The number of halogens is 1. The van der Waals surface area contributed by atoms with Gasteiger partial charge in [-0.1, -0.05) is 11.3 Å². The lowest BCUT2D eigenvalue weighted by molar-refractivity contribution is -0.646. The van der Waals surface area contributed by atoms with E-state index in [9.17, 15) is 0 Å². The summed E-state index contributed by atoms with van der Waals surface area (Å²) in [7, 11) is 6.26. The van der Waals surface area contributed by atoms with Crippen molar-refractivity contribution < 1.29 is 28.5 Å². The Morgan fingerprint density at radius 1 is 1.27 bits per heavy atom. The first-order chi connectivity index (χ1) is 6.59. The molecule has 2 rings (SSSR count). The fourth-order valence-corrected chi connectivity index (χ4v) is 2.58. The number of nitrogens with zero attached hydrogens (tertiary/aromatic N) is 2. The molecule has 1 heterocycles. The Morgan fingerprint density at radius 3 is 2.53 bits per heavy atom. The van der Waals surface area contributed by atoms with Gasteiger partial charge in [0, 0.05) is 32.8 Å². The number of hydrogen-bond donors (Lipinski definition) is 0. The molecule has 0 unspecified atom stereocenters. The van der Waals surface area contributed by atoms with Crippen LogP contribution in [0, 0.1) is 6.92 Å². The van der Waals surface area contributed by atoms with Crippen molar-refractivity contribution in [3.63, 3.8) is 0 Å². The molecule has 0 radical (unpaired) electrons. The first-order valence-electron chi connectivity index (χ1n) is 4.66. The summed E-state index contributed by atoms with van der Waals surface area (Å²) in [5.41, 5.74) is 2.58. The van der Waals surface area contributed by atoms with Gasteiger partial charge in [-0.25, -0.2) is 0 Å². The molecule has 0 saturated heterocycles. The molecule has 2 aromatic rings. The summed E-state index contributed by atoms with van der Waals surface area (Å²) < 4.78 is 3.59. The molecule has 0 bridgehead atoms. The van der Waals surface area contributed by atoms with E-state index >= 15 is 0 Å². The van der Waals surface area contributed by atoms with Gasteiger partial charge in [-0.15, -0.1) is 0 Å². The van der Waals surface area contributed by atoms with Crippen molar-refractivity contribution in [3.05, 3.63) is 23.2 Å². The van der Waals surface area contributed by atoms with E-state index in [2.05, 4.69) is 55.7 Å². The van der Waals surface area contributed by atoms with E-state index in [-0.39, 0.29) is 24.0 Å². The van der Waals surface area contributed by atoms with Crippen LogP contribution in [0.5, 0.6) is 0 Å². The molecule has 0 atom stereocenters. The average molecular weight is 334 g/mol. The first kappa shape index (κ1) is 12.7. The van der Waals surface area contributed by atoms with Gasteiger partial charge in [0.05, 0.1) is 0 Å². The van der Waals surface area contributed by atoms with Crippen LogP contribution in [0.25, 0.3) is 10.2 Å². The smallest absolute Gasteiger partial charge is 0.234 e. The van der Waals surface area contributed by atoms with Crippen LogP contribution in [0.1, 0.15) is 5.01 Å². The van der Waals surface area contributed by atoms with Crippen LogP contribution >= 0.6 is 11.3 Å². The van der Waals surface area contributed by atoms with Crippen LogP contribution in [0.4, 0.5) is 5.69 Å². The second-order valence-electron chi connectivity index (χ2n) is 3.73. The zero-order chi connectivity index (χ0) is 10.3. The zero-order valence-electron chi connectivity index (χ0n) is 9.41. The molecule has 4 heteroatoms. The minimum absolute atomic E-state index is 0. The van der Waals surface area contributed by atoms with Crippen molar-refractivity contribution >= 4 is 27.2 Å². The zero-order valence-corrected chi connectivity index (χ0v) is 12.4. The minimum atomic E-state index is 0. The quantitative estimate of drug-likeness (QED) is 0.485. The summed E-state index contributed by atoms with van der Waals surface area (Å²) in [6.07, 6.45) is 0. The van der Waals surface area contributed by atoms with Crippen LogP contribution in [0.3, 0.4) is 0 Å². The molecule has 0 saturated carbocycles. The summed E-state index contributed by atoms with van der Waals surface area (Å²) in [6.45, 7) is 2.15. The lowest BCUT2D eigenvalue weighted by atomic mass is 10.3. The summed E-state index contributed by atoms with van der Waals surface area (Å²) in [4.78, 5) is 2.13. The third-order valence-electron chi connectivity index (χ3n) is 2.55. The van der Waals surface area contributed by atoms with Crippen molar-refractivity contribution in [1.29, 1.82) is 0 Å². The molecule has 1 aromatic carbocycles. The lowest BCUT2D eigenvalue weighted by Crippen LogP contribution is -3.00. The molecule has 0 aliphatic rings. The third kappa shape index (κ3) is 2.25. The highest BCUT2D eigenvalue weighted by atomic mass is 127. The van der Waals surface area contributed by atoms with Crippen molar-refractivity contribution in [2.24, 2.45) is 7.05 Å². The van der Waals surface area contributed by atoms with E-state index in [4.69, 9.17) is 0 Å². The van der Waals surface area contributed by atoms with Crippen LogP contribution < -0.4 is 33.4 Å². The third-order valence-corrected chi connectivity index (χ3v) is 3.67. The topological polar surface area (TPSA) is 7.12 Å². The van der Waals surface area contributed by atoms with Gasteiger partial charge in [0.2, 0.25) is 10.5 Å². The van der Waals surface area contributed by atoms with Crippen molar-refractivity contribution in [2.45, 2.75) is 6.92 Å². The monoisotopic (exact) mass is 334 g/mol. The Bertz CT molecular complexity index is 477. The fraction of sp³-hybridized carbons (Fsp3) is 0.364. The van der Waals surface area contributed by atoms with E-state index < -0.39 is 0 Å². The van der Waals surface area contributed by atoms with Crippen molar-refractivity contribution in [1.82, 2.24) is 0 Å². The normalized spacial score (nSPS) is 10.1. The summed E-state index contributed by atoms with van der Waals surface area (Å²) in [6, 6.07) is 6.59. The number of hydrogen-bond acceptors (Lipinski definition) is 2. The predicted molar refractivity (Wildman–Crippen MR) is 62.1 cm³/mol. The fourth-order valence-electron chi connectivity index (χ4n) is 1.54. The van der Waals surface area contributed by atoms with E-state index in [0.717, 1.165) is 0 Å². The number of benzene rings is 1. The van der Waals surface area contributed by atoms with E-state index in [0.29, 0.717) is 0 Å². The largest absolute Gasteiger partial charge is 1.00 e. The molecule has 0 aliphatic heterocycles. The van der Waals surface area contributed by atoms with Gasteiger partial charge >= 0.3 is 0 Å². The highest BCUT2D eigenvalue weighted by molar-refractivity contribution is 7.18. The molecule has 0 spiro atoms. The summed E-state index contributed by atoms with van der Waals surface area (Å²) in [5.74, 6) is 0. The maximum atomic E-state index is 2.24. The van der Waals surface area contributed by atoms with Gasteiger partial charge in [-0.05, 0) is 12.1 Å². The molecular weight excluding hydrogens is 319 g/mol. The number of anilines is 1. The number of rotatable bonds is 1. The maximum Gasteiger partial charge on any atom is 0.234 e. The minimum Gasteiger partial charge on any atom is -1.00 e. The standard InChI is InChI=1S/C11H15N2S.HI/c1-8-13(4)10-6-5-9(12(2)3)7-11(10)14-8;/h5-7H,1-4H3;1H/q+1;/p-1. The molecular formula is C11H15IN2S. The molecule has 15 heavy (non-hydrogen) atoms. The molecule has 2 nitrogen and oxygen atoms in total. The Hall–Kier alpha value is -0.360. The van der Waals surface area contributed by atoms with Crippen LogP contribution in [0.2, 0.25) is 0 Å². The highest BCUT2D eigenvalue weighted by Gasteiger charge is 2.12. The SMILES string of the molecule is Cc1sc2cc(N(C)C)ccc2[n+]1C.[I-]. The highest BCUT2D eigenvalue weighted by Crippen LogP contribution is 2.24. The van der Waals surface area contributed by atoms with E-state index in [1.165, 1.54) is 20.9 Å². The van der Waals surface area contributed by atoms with Crippen LogP contribution in [-0.2, 0) is 7.05 Å². The average Bonchev–Trinajstić information content (AvgIpc) is 2.42. The predicted octanol–water partition coefficient (Wildman–Crippen LogP) is -0.896. The second-order valence-corrected chi connectivity index (χ2v) is 4.96. The maximum absolute atomic E-state index is 2.24. The van der Waals surface area contributed by atoms with Crippen LogP contribution in [0.15, 0.2) is 18.2 Å². The van der Waals surface area contributed by atoms with Gasteiger partial charge in [-0.3, -0.25) is 0 Å². The number of thiazole rings is 1. The van der Waals surface area contributed by atoms with Crippen molar-refractivity contribution in [2.75, 3.05) is 19.0 Å². The van der Waals surface area contributed by atoms with E-state index in [1.54, 1.807) is 0 Å². The molecule has 82 valence electrons. The Kier molecular flexibility index (Phi) is 3.94. The van der Waals surface area contributed by atoms with Gasteiger partial charge in [0.25, 0.3) is 0 Å². The summed E-state index contributed by atoms with van der Waals surface area (Å²) >= 11 is 1.85. The second kappa shape index (κ2) is 4.65. The van der Waals surface area contributed by atoms with Gasteiger partial charge in [0.1, 0.15) is 11.7 Å².